The van der Waals surface area contributed by atoms with E-state index in [1.807, 2.05) is 20.8 Å². The van der Waals surface area contributed by atoms with Crippen LogP contribution < -0.4 is 5.32 Å². The lowest BCUT2D eigenvalue weighted by Gasteiger charge is -2.19. The molecule has 0 aromatic heterocycles. The Bertz CT molecular complexity index is 255. The minimum Gasteiger partial charge on any atom is -0.461 e. The highest BCUT2D eigenvalue weighted by molar-refractivity contribution is 5.78. The standard InChI is InChI=1S/C11H17NO2/c1-5-9(7(2)3)12-10-6-8(4)14-11(10)13/h1,7-10,12H,6H2,2-4H3. The number of esters is 1. The van der Waals surface area contributed by atoms with E-state index in [-0.39, 0.29) is 24.2 Å². The average Bonchev–Trinajstić information content (AvgIpc) is 2.40. The molecule has 1 rings (SSSR count). The van der Waals surface area contributed by atoms with E-state index in [0.717, 1.165) is 0 Å². The molecule has 3 heteroatoms. The summed E-state index contributed by atoms with van der Waals surface area (Å²) in [4.78, 5) is 11.3. The van der Waals surface area contributed by atoms with Crippen LogP contribution in [0.15, 0.2) is 0 Å². The number of hydrogen-bond acceptors (Lipinski definition) is 3. The molecule has 3 atom stereocenters. The molecule has 0 bridgehead atoms. The van der Waals surface area contributed by atoms with Crippen LogP contribution in [0.4, 0.5) is 0 Å². The molecule has 3 unspecified atom stereocenters. The molecular weight excluding hydrogens is 178 g/mol. The Morgan fingerprint density at radius 1 is 1.64 bits per heavy atom. The number of carbonyl (C=O) groups is 1. The third kappa shape index (κ3) is 2.49. The molecule has 0 spiro atoms. The second-order valence-corrected chi connectivity index (χ2v) is 4.09. The first-order valence-corrected chi connectivity index (χ1v) is 4.97. The first-order valence-electron chi connectivity index (χ1n) is 4.97. The minimum atomic E-state index is -0.228. The van der Waals surface area contributed by atoms with Gasteiger partial charge in [0.1, 0.15) is 12.1 Å². The zero-order valence-corrected chi connectivity index (χ0v) is 8.91. The van der Waals surface area contributed by atoms with E-state index in [2.05, 4.69) is 11.2 Å². The predicted molar refractivity (Wildman–Crippen MR) is 54.6 cm³/mol. The van der Waals surface area contributed by atoms with Crippen LogP contribution >= 0.6 is 0 Å². The van der Waals surface area contributed by atoms with Gasteiger partial charge in [0, 0.05) is 6.42 Å². The second-order valence-electron chi connectivity index (χ2n) is 4.09. The van der Waals surface area contributed by atoms with Crippen LogP contribution in [0.25, 0.3) is 0 Å². The van der Waals surface area contributed by atoms with Crippen molar-refractivity contribution >= 4 is 5.97 Å². The molecule has 1 saturated heterocycles. The summed E-state index contributed by atoms with van der Waals surface area (Å²) >= 11 is 0. The first-order chi connectivity index (χ1) is 6.54. The van der Waals surface area contributed by atoms with Gasteiger partial charge in [-0.3, -0.25) is 10.1 Å². The van der Waals surface area contributed by atoms with Crippen LogP contribution in [0.5, 0.6) is 0 Å². The molecule has 0 saturated carbocycles. The monoisotopic (exact) mass is 195 g/mol. The number of terminal acetylenes is 1. The van der Waals surface area contributed by atoms with E-state index in [9.17, 15) is 4.79 Å². The van der Waals surface area contributed by atoms with Crippen molar-refractivity contribution in [2.75, 3.05) is 0 Å². The zero-order valence-electron chi connectivity index (χ0n) is 8.91. The van der Waals surface area contributed by atoms with Gasteiger partial charge in [0.25, 0.3) is 0 Å². The number of cyclic esters (lactones) is 1. The highest BCUT2D eigenvalue weighted by atomic mass is 16.6. The summed E-state index contributed by atoms with van der Waals surface area (Å²) in [6.45, 7) is 5.95. The molecule has 0 aromatic rings. The first kappa shape index (κ1) is 11.1. The lowest BCUT2D eigenvalue weighted by Crippen LogP contribution is -2.42. The Morgan fingerprint density at radius 2 is 2.29 bits per heavy atom. The Hall–Kier alpha value is -1.01. The van der Waals surface area contributed by atoms with Gasteiger partial charge in [-0.15, -0.1) is 6.42 Å². The normalized spacial score (nSPS) is 28.6. The summed E-state index contributed by atoms with van der Waals surface area (Å²) < 4.78 is 5.03. The van der Waals surface area contributed by atoms with Crippen molar-refractivity contribution in [2.24, 2.45) is 5.92 Å². The van der Waals surface area contributed by atoms with Gasteiger partial charge in [0.2, 0.25) is 0 Å². The summed E-state index contributed by atoms with van der Waals surface area (Å²) in [6.07, 6.45) is 6.08. The molecule has 1 fully saturated rings. The molecular formula is C11H17NO2. The molecule has 1 heterocycles. The molecule has 1 aliphatic rings. The highest BCUT2D eigenvalue weighted by Crippen LogP contribution is 2.15. The number of nitrogens with one attached hydrogen (secondary N) is 1. The van der Waals surface area contributed by atoms with E-state index in [4.69, 9.17) is 11.2 Å². The van der Waals surface area contributed by atoms with Crippen LogP contribution in [-0.2, 0) is 9.53 Å². The Kier molecular flexibility index (Phi) is 3.54. The van der Waals surface area contributed by atoms with Crippen molar-refractivity contribution in [3.8, 4) is 12.3 Å². The number of rotatable bonds is 3. The van der Waals surface area contributed by atoms with E-state index >= 15 is 0 Å². The SMILES string of the molecule is C#CC(NC1CC(C)OC1=O)C(C)C. The van der Waals surface area contributed by atoms with Gasteiger partial charge in [-0.25, -0.2) is 0 Å². The van der Waals surface area contributed by atoms with Crippen molar-refractivity contribution < 1.29 is 9.53 Å². The number of ether oxygens (including phenoxy) is 1. The fourth-order valence-corrected chi connectivity index (χ4v) is 1.54. The fraction of sp³-hybridized carbons (Fsp3) is 0.727. The van der Waals surface area contributed by atoms with Gasteiger partial charge in [-0.1, -0.05) is 19.8 Å². The van der Waals surface area contributed by atoms with Crippen molar-refractivity contribution in [3.05, 3.63) is 0 Å². The molecule has 14 heavy (non-hydrogen) atoms. The van der Waals surface area contributed by atoms with E-state index in [1.54, 1.807) is 0 Å². The molecule has 78 valence electrons. The quantitative estimate of drug-likeness (QED) is 0.538. The molecule has 0 radical (unpaired) electrons. The zero-order chi connectivity index (χ0) is 10.7. The third-order valence-corrected chi connectivity index (χ3v) is 2.40. The van der Waals surface area contributed by atoms with Crippen LogP contribution in [0.1, 0.15) is 27.2 Å². The molecule has 3 nitrogen and oxygen atoms in total. The van der Waals surface area contributed by atoms with E-state index in [0.29, 0.717) is 12.3 Å². The van der Waals surface area contributed by atoms with Gasteiger partial charge in [-0.05, 0) is 12.8 Å². The Morgan fingerprint density at radius 3 is 2.64 bits per heavy atom. The van der Waals surface area contributed by atoms with Crippen LogP contribution in [0.2, 0.25) is 0 Å². The summed E-state index contributed by atoms with van der Waals surface area (Å²) in [5.41, 5.74) is 0. The van der Waals surface area contributed by atoms with Crippen molar-refractivity contribution in [2.45, 2.75) is 45.4 Å². The van der Waals surface area contributed by atoms with E-state index in [1.165, 1.54) is 0 Å². The largest absolute Gasteiger partial charge is 0.461 e. The van der Waals surface area contributed by atoms with Gasteiger partial charge < -0.3 is 4.74 Å². The van der Waals surface area contributed by atoms with Crippen LogP contribution in [0.3, 0.4) is 0 Å². The fourth-order valence-electron chi connectivity index (χ4n) is 1.54. The smallest absolute Gasteiger partial charge is 0.323 e. The third-order valence-electron chi connectivity index (χ3n) is 2.40. The lowest BCUT2D eigenvalue weighted by atomic mass is 10.0. The Labute approximate surface area is 85.2 Å². The summed E-state index contributed by atoms with van der Waals surface area (Å²) in [5, 5.41) is 3.13. The summed E-state index contributed by atoms with van der Waals surface area (Å²) in [6, 6.07) is -0.286. The van der Waals surface area contributed by atoms with Gasteiger partial charge in [-0.2, -0.15) is 0 Å². The van der Waals surface area contributed by atoms with Crippen LogP contribution in [-0.4, -0.2) is 24.2 Å². The van der Waals surface area contributed by atoms with Crippen molar-refractivity contribution in [1.29, 1.82) is 0 Å². The molecule has 0 aliphatic carbocycles. The predicted octanol–water partition coefficient (Wildman–Crippen LogP) is 0.938. The van der Waals surface area contributed by atoms with Gasteiger partial charge >= 0.3 is 5.97 Å². The van der Waals surface area contributed by atoms with Crippen molar-refractivity contribution in [1.82, 2.24) is 5.32 Å². The Balaban J connectivity index is 2.52. The molecule has 1 N–H and O–H groups in total. The maximum atomic E-state index is 11.3. The molecule has 0 aromatic carbocycles. The summed E-state index contributed by atoms with van der Waals surface area (Å²) in [5.74, 6) is 2.79. The average molecular weight is 195 g/mol. The lowest BCUT2D eigenvalue weighted by molar-refractivity contribution is -0.142. The minimum absolute atomic E-state index is 0.00517. The van der Waals surface area contributed by atoms with Gasteiger partial charge in [0.15, 0.2) is 0 Å². The topological polar surface area (TPSA) is 38.3 Å². The maximum Gasteiger partial charge on any atom is 0.323 e. The molecule has 1 aliphatic heterocycles. The van der Waals surface area contributed by atoms with Gasteiger partial charge in [0.05, 0.1) is 6.04 Å². The maximum absolute atomic E-state index is 11.3. The number of hydrogen-bond donors (Lipinski definition) is 1. The second kappa shape index (κ2) is 4.47. The van der Waals surface area contributed by atoms with E-state index < -0.39 is 0 Å². The highest BCUT2D eigenvalue weighted by Gasteiger charge is 2.33. The summed E-state index contributed by atoms with van der Waals surface area (Å²) in [7, 11) is 0. The molecule has 0 amide bonds. The van der Waals surface area contributed by atoms with Crippen LogP contribution in [0, 0.1) is 18.3 Å². The number of carbonyl (C=O) groups excluding carboxylic acids is 1. The van der Waals surface area contributed by atoms with Crippen molar-refractivity contribution in [3.63, 3.8) is 0 Å².